The number of amides is 1. The zero-order chi connectivity index (χ0) is 14.5. The standard InChI is InChI=1S/C16H17IN2O/c1-19(2)11-12-3-9-15(10-4-12)18-16(20)13-5-7-14(17)8-6-13/h3-10H,11H2,1-2H3,(H,18,20). The molecular weight excluding hydrogens is 363 g/mol. The first-order valence-corrected chi connectivity index (χ1v) is 7.43. The van der Waals surface area contributed by atoms with Gasteiger partial charge >= 0.3 is 0 Å². The average molecular weight is 380 g/mol. The van der Waals surface area contributed by atoms with E-state index in [1.54, 1.807) is 0 Å². The van der Waals surface area contributed by atoms with Crippen LogP contribution in [0.2, 0.25) is 0 Å². The van der Waals surface area contributed by atoms with Crippen LogP contribution in [0.1, 0.15) is 15.9 Å². The molecule has 0 saturated heterocycles. The van der Waals surface area contributed by atoms with E-state index in [9.17, 15) is 4.79 Å². The van der Waals surface area contributed by atoms with E-state index in [4.69, 9.17) is 0 Å². The molecular formula is C16H17IN2O. The van der Waals surface area contributed by atoms with Gasteiger partial charge in [0.25, 0.3) is 5.91 Å². The minimum absolute atomic E-state index is 0.0817. The number of hydrogen-bond donors (Lipinski definition) is 1. The summed E-state index contributed by atoms with van der Waals surface area (Å²) in [4.78, 5) is 14.2. The van der Waals surface area contributed by atoms with Gasteiger partial charge in [-0.1, -0.05) is 12.1 Å². The Hall–Kier alpha value is -1.40. The summed E-state index contributed by atoms with van der Waals surface area (Å²) in [6, 6.07) is 15.4. The number of hydrogen-bond acceptors (Lipinski definition) is 2. The first-order valence-electron chi connectivity index (χ1n) is 6.35. The SMILES string of the molecule is CN(C)Cc1ccc(NC(=O)c2ccc(I)cc2)cc1. The fourth-order valence-electron chi connectivity index (χ4n) is 1.86. The number of anilines is 1. The van der Waals surface area contributed by atoms with Crippen LogP contribution in [0.4, 0.5) is 5.69 Å². The largest absolute Gasteiger partial charge is 0.322 e. The van der Waals surface area contributed by atoms with Gasteiger partial charge in [-0.05, 0) is 78.6 Å². The highest BCUT2D eigenvalue weighted by Gasteiger charge is 2.05. The van der Waals surface area contributed by atoms with E-state index in [-0.39, 0.29) is 5.91 Å². The summed E-state index contributed by atoms with van der Waals surface area (Å²) >= 11 is 2.22. The Balaban J connectivity index is 2.02. The van der Waals surface area contributed by atoms with Gasteiger partial charge < -0.3 is 10.2 Å². The first-order chi connectivity index (χ1) is 9.54. The minimum Gasteiger partial charge on any atom is -0.322 e. The van der Waals surface area contributed by atoms with Gasteiger partial charge in [0.2, 0.25) is 0 Å². The van der Waals surface area contributed by atoms with Crippen LogP contribution in [0, 0.1) is 3.57 Å². The van der Waals surface area contributed by atoms with Gasteiger partial charge in [0, 0.05) is 21.4 Å². The maximum absolute atomic E-state index is 12.1. The normalized spacial score (nSPS) is 10.6. The third-order valence-electron chi connectivity index (χ3n) is 2.82. The lowest BCUT2D eigenvalue weighted by Gasteiger charge is -2.10. The van der Waals surface area contributed by atoms with Crippen molar-refractivity contribution in [3.05, 3.63) is 63.2 Å². The summed E-state index contributed by atoms with van der Waals surface area (Å²) in [6.07, 6.45) is 0. The molecule has 3 nitrogen and oxygen atoms in total. The fourth-order valence-corrected chi connectivity index (χ4v) is 2.22. The van der Waals surface area contributed by atoms with Gasteiger partial charge in [0.1, 0.15) is 0 Å². The smallest absolute Gasteiger partial charge is 0.255 e. The Labute approximate surface area is 133 Å². The molecule has 2 rings (SSSR count). The monoisotopic (exact) mass is 380 g/mol. The van der Waals surface area contributed by atoms with Gasteiger partial charge in [-0.15, -0.1) is 0 Å². The molecule has 2 aromatic carbocycles. The van der Waals surface area contributed by atoms with Crippen molar-refractivity contribution in [1.82, 2.24) is 4.90 Å². The van der Waals surface area contributed by atoms with Crippen LogP contribution in [0.25, 0.3) is 0 Å². The molecule has 0 fully saturated rings. The van der Waals surface area contributed by atoms with E-state index in [0.29, 0.717) is 5.56 Å². The van der Waals surface area contributed by atoms with Crippen LogP contribution < -0.4 is 5.32 Å². The molecule has 0 aliphatic heterocycles. The molecule has 4 heteroatoms. The quantitative estimate of drug-likeness (QED) is 0.823. The summed E-state index contributed by atoms with van der Waals surface area (Å²) in [5.41, 5.74) is 2.71. The fraction of sp³-hybridized carbons (Fsp3) is 0.188. The molecule has 0 spiro atoms. The summed E-state index contributed by atoms with van der Waals surface area (Å²) in [5.74, 6) is -0.0817. The van der Waals surface area contributed by atoms with E-state index >= 15 is 0 Å². The number of nitrogens with one attached hydrogen (secondary N) is 1. The molecule has 20 heavy (non-hydrogen) atoms. The van der Waals surface area contributed by atoms with Crippen molar-refractivity contribution in [3.63, 3.8) is 0 Å². The number of halogens is 1. The van der Waals surface area contributed by atoms with Crippen molar-refractivity contribution in [2.75, 3.05) is 19.4 Å². The predicted octanol–water partition coefficient (Wildman–Crippen LogP) is 3.61. The Morgan fingerprint density at radius 3 is 2.20 bits per heavy atom. The highest BCUT2D eigenvalue weighted by molar-refractivity contribution is 14.1. The van der Waals surface area contributed by atoms with E-state index < -0.39 is 0 Å². The molecule has 1 amide bonds. The maximum Gasteiger partial charge on any atom is 0.255 e. The number of carbonyl (C=O) groups excluding carboxylic acids is 1. The molecule has 0 aliphatic carbocycles. The summed E-state index contributed by atoms with van der Waals surface area (Å²) in [6.45, 7) is 0.894. The third-order valence-corrected chi connectivity index (χ3v) is 3.54. The number of carbonyl (C=O) groups is 1. The van der Waals surface area contributed by atoms with Crippen molar-refractivity contribution in [2.24, 2.45) is 0 Å². The van der Waals surface area contributed by atoms with Crippen LogP contribution in [0.3, 0.4) is 0 Å². The molecule has 0 radical (unpaired) electrons. The van der Waals surface area contributed by atoms with E-state index in [1.807, 2.05) is 62.6 Å². The Morgan fingerprint density at radius 2 is 1.65 bits per heavy atom. The third kappa shape index (κ3) is 4.31. The van der Waals surface area contributed by atoms with Crippen molar-refractivity contribution in [1.29, 1.82) is 0 Å². The first kappa shape index (κ1) is 15.0. The molecule has 0 bridgehead atoms. The van der Waals surface area contributed by atoms with Crippen LogP contribution in [0.5, 0.6) is 0 Å². The maximum atomic E-state index is 12.1. The molecule has 0 aromatic heterocycles. The molecule has 0 heterocycles. The van der Waals surface area contributed by atoms with Gasteiger partial charge in [-0.25, -0.2) is 0 Å². The van der Waals surface area contributed by atoms with Crippen LogP contribution in [-0.4, -0.2) is 24.9 Å². The lowest BCUT2D eigenvalue weighted by molar-refractivity contribution is 0.102. The number of benzene rings is 2. The van der Waals surface area contributed by atoms with Gasteiger partial charge in [0.05, 0.1) is 0 Å². The molecule has 0 aliphatic rings. The minimum atomic E-state index is -0.0817. The number of rotatable bonds is 4. The second-order valence-electron chi connectivity index (χ2n) is 4.90. The van der Waals surface area contributed by atoms with Gasteiger partial charge in [-0.2, -0.15) is 0 Å². The molecule has 0 saturated carbocycles. The van der Waals surface area contributed by atoms with Crippen LogP contribution in [0.15, 0.2) is 48.5 Å². The molecule has 104 valence electrons. The summed E-state index contributed by atoms with van der Waals surface area (Å²) in [5, 5.41) is 2.90. The predicted molar refractivity (Wildman–Crippen MR) is 90.9 cm³/mol. The second kappa shape index (κ2) is 6.85. The van der Waals surface area contributed by atoms with Crippen LogP contribution >= 0.6 is 22.6 Å². The molecule has 0 unspecified atom stereocenters. The Bertz CT molecular complexity index is 576. The Morgan fingerprint density at radius 1 is 1.05 bits per heavy atom. The number of nitrogens with zero attached hydrogens (tertiary/aromatic N) is 1. The lowest BCUT2D eigenvalue weighted by Crippen LogP contribution is -2.12. The zero-order valence-corrected chi connectivity index (χ0v) is 13.7. The average Bonchev–Trinajstić information content (AvgIpc) is 2.41. The topological polar surface area (TPSA) is 32.3 Å². The molecule has 0 atom stereocenters. The highest BCUT2D eigenvalue weighted by atomic mass is 127. The second-order valence-corrected chi connectivity index (χ2v) is 6.14. The highest BCUT2D eigenvalue weighted by Crippen LogP contribution is 2.13. The summed E-state index contributed by atoms with van der Waals surface area (Å²) in [7, 11) is 4.07. The van der Waals surface area contributed by atoms with Gasteiger partial charge in [-0.3, -0.25) is 4.79 Å². The van der Waals surface area contributed by atoms with E-state index in [0.717, 1.165) is 15.8 Å². The van der Waals surface area contributed by atoms with Crippen molar-refractivity contribution < 1.29 is 4.79 Å². The lowest BCUT2D eigenvalue weighted by atomic mass is 10.2. The molecule has 2 aromatic rings. The van der Waals surface area contributed by atoms with E-state index in [1.165, 1.54) is 5.56 Å². The van der Waals surface area contributed by atoms with Crippen LogP contribution in [-0.2, 0) is 6.54 Å². The van der Waals surface area contributed by atoms with Crippen molar-refractivity contribution in [3.8, 4) is 0 Å². The van der Waals surface area contributed by atoms with Crippen molar-refractivity contribution in [2.45, 2.75) is 6.54 Å². The van der Waals surface area contributed by atoms with Crippen molar-refractivity contribution >= 4 is 34.2 Å². The zero-order valence-electron chi connectivity index (χ0n) is 11.6. The van der Waals surface area contributed by atoms with E-state index in [2.05, 4.69) is 32.8 Å². The molecule has 1 N–H and O–H groups in total. The van der Waals surface area contributed by atoms with Gasteiger partial charge in [0.15, 0.2) is 0 Å². The Kier molecular flexibility index (Phi) is 5.14. The summed E-state index contributed by atoms with van der Waals surface area (Å²) < 4.78 is 1.12.